The second-order valence-electron chi connectivity index (χ2n) is 5.39. The molecule has 3 N–H and O–H groups in total. The highest BCUT2D eigenvalue weighted by Gasteiger charge is 2.22. The molecular weight excluding hydrogens is 242 g/mol. The fraction of sp³-hybridized carbons (Fsp3) is 0.600. The molecule has 0 saturated heterocycles. The highest BCUT2D eigenvalue weighted by molar-refractivity contribution is 5.33. The van der Waals surface area contributed by atoms with Gasteiger partial charge >= 0.3 is 0 Å². The Morgan fingerprint density at radius 3 is 2.63 bits per heavy atom. The molecule has 1 aromatic rings. The van der Waals surface area contributed by atoms with E-state index in [9.17, 15) is 5.11 Å². The van der Waals surface area contributed by atoms with Crippen LogP contribution in [0.15, 0.2) is 24.3 Å². The summed E-state index contributed by atoms with van der Waals surface area (Å²) in [5.41, 5.74) is 1.11. The van der Waals surface area contributed by atoms with E-state index < -0.39 is 0 Å². The second kappa shape index (κ2) is 7.48. The summed E-state index contributed by atoms with van der Waals surface area (Å²) in [6.45, 7) is 5.13. The monoisotopic (exact) mass is 267 g/mol. The number of nitrogens with one attached hydrogen (secondary N) is 1. The minimum absolute atomic E-state index is 0.0365. The van der Waals surface area contributed by atoms with Crippen molar-refractivity contribution in [3.05, 3.63) is 29.8 Å². The Hall–Kier alpha value is -1.10. The maximum absolute atomic E-state index is 9.21. The van der Waals surface area contributed by atoms with Crippen molar-refractivity contribution in [2.24, 2.45) is 0 Å². The Balaban J connectivity index is 2.68. The van der Waals surface area contributed by atoms with Gasteiger partial charge in [0.05, 0.1) is 13.7 Å². The van der Waals surface area contributed by atoms with Crippen molar-refractivity contribution in [2.75, 3.05) is 26.9 Å². The van der Waals surface area contributed by atoms with Crippen LogP contribution in [0.5, 0.6) is 5.75 Å². The van der Waals surface area contributed by atoms with Crippen LogP contribution in [0.2, 0.25) is 0 Å². The number of aliphatic hydroxyl groups is 2. The molecule has 1 rings (SSSR count). The van der Waals surface area contributed by atoms with Gasteiger partial charge < -0.3 is 20.3 Å². The largest absolute Gasteiger partial charge is 0.497 e. The number of methoxy groups -OCH3 is 1. The lowest BCUT2D eigenvalue weighted by Gasteiger charge is -2.28. The quantitative estimate of drug-likeness (QED) is 0.664. The molecular formula is C15H25NO3. The molecule has 1 atom stereocenters. The zero-order valence-electron chi connectivity index (χ0n) is 12.0. The van der Waals surface area contributed by atoms with Gasteiger partial charge in [-0.2, -0.15) is 0 Å². The van der Waals surface area contributed by atoms with Gasteiger partial charge in [-0.1, -0.05) is 26.0 Å². The Morgan fingerprint density at radius 1 is 1.32 bits per heavy atom. The van der Waals surface area contributed by atoms with E-state index in [2.05, 4.69) is 25.2 Å². The van der Waals surface area contributed by atoms with E-state index in [-0.39, 0.29) is 24.7 Å². The van der Waals surface area contributed by atoms with Crippen molar-refractivity contribution in [3.8, 4) is 5.75 Å². The van der Waals surface area contributed by atoms with Crippen LogP contribution in [0.25, 0.3) is 0 Å². The maximum Gasteiger partial charge on any atom is 0.119 e. The van der Waals surface area contributed by atoms with Gasteiger partial charge in [-0.25, -0.2) is 0 Å². The number of aliphatic hydroxyl groups excluding tert-OH is 2. The molecule has 0 aliphatic heterocycles. The van der Waals surface area contributed by atoms with Gasteiger partial charge in [-0.3, -0.25) is 0 Å². The first-order valence-corrected chi connectivity index (χ1v) is 6.63. The average molecular weight is 267 g/mol. The molecule has 0 radical (unpaired) electrons. The number of hydrogen-bond donors (Lipinski definition) is 3. The summed E-state index contributed by atoms with van der Waals surface area (Å²) in [4.78, 5) is 0. The Kier molecular flexibility index (Phi) is 6.28. The van der Waals surface area contributed by atoms with Crippen molar-refractivity contribution >= 4 is 0 Å². The predicted molar refractivity (Wildman–Crippen MR) is 76.6 cm³/mol. The van der Waals surface area contributed by atoms with Crippen LogP contribution >= 0.6 is 0 Å². The third-order valence-corrected chi connectivity index (χ3v) is 3.38. The standard InChI is InChI=1S/C15H25NO3/c1-15(2,11-16-13(10-18)7-8-17)12-5-4-6-14(9-12)19-3/h4-6,9,13,16-18H,7-8,10-11H2,1-3H3. The zero-order chi connectivity index (χ0) is 14.3. The number of ether oxygens (including phenoxy) is 1. The van der Waals surface area contributed by atoms with Crippen LogP contribution in [-0.2, 0) is 5.41 Å². The summed E-state index contributed by atoms with van der Waals surface area (Å²) < 4.78 is 5.24. The molecule has 108 valence electrons. The van der Waals surface area contributed by atoms with E-state index >= 15 is 0 Å². The van der Waals surface area contributed by atoms with Crippen molar-refractivity contribution in [2.45, 2.75) is 31.7 Å². The lowest BCUT2D eigenvalue weighted by Crippen LogP contribution is -2.41. The first-order valence-electron chi connectivity index (χ1n) is 6.63. The molecule has 1 unspecified atom stereocenters. The molecule has 1 aromatic carbocycles. The van der Waals surface area contributed by atoms with E-state index in [4.69, 9.17) is 9.84 Å². The van der Waals surface area contributed by atoms with Gasteiger partial charge in [-0.05, 0) is 24.1 Å². The van der Waals surface area contributed by atoms with Crippen molar-refractivity contribution in [1.82, 2.24) is 5.32 Å². The third-order valence-electron chi connectivity index (χ3n) is 3.38. The van der Waals surface area contributed by atoms with Crippen LogP contribution < -0.4 is 10.1 Å². The van der Waals surface area contributed by atoms with Gasteiger partial charge in [0.2, 0.25) is 0 Å². The number of hydrogen-bond acceptors (Lipinski definition) is 4. The Morgan fingerprint density at radius 2 is 2.05 bits per heavy atom. The number of benzene rings is 1. The minimum Gasteiger partial charge on any atom is -0.497 e. The van der Waals surface area contributed by atoms with Gasteiger partial charge in [-0.15, -0.1) is 0 Å². The van der Waals surface area contributed by atoms with E-state index in [0.717, 1.165) is 12.3 Å². The summed E-state index contributed by atoms with van der Waals surface area (Å²) in [6, 6.07) is 7.95. The van der Waals surface area contributed by atoms with Crippen LogP contribution in [0.1, 0.15) is 25.8 Å². The minimum atomic E-state index is -0.0720. The Labute approximate surface area is 115 Å². The molecule has 4 nitrogen and oxygen atoms in total. The molecule has 4 heteroatoms. The molecule has 0 fully saturated rings. The lowest BCUT2D eigenvalue weighted by molar-refractivity contribution is 0.195. The second-order valence-corrected chi connectivity index (χ2v) is 5.39. The van der Waals surface area contributed by atoms with Crippen molar-refractivity contribution in [3.63, 3.8) is 0 Å². The molecule has 0 bridgehead atoms. The van der Waals surface area contributed by atoms with Gasteiger partial charge in [0, 0.05) is 24.6 Å². The van der Waals surface area contributed by atoms with Crippen LogP contribution in [-0.4, -0.2) is 43.1 Å². The Bertz CT molecular complexity index is 379. The fourth-order valence-electron chi connectivity index (χ4n) is 1.96. The lowest BCUT2D eigenvalue weighted by atomic mass is 9.84. The highest BCUT2D eigenvalue weighted by Crippen LogP contribution is 2.25. The van der Waals surface area contributed by atoms with Gasteiger partial charge in [0.1, 0.15) is 5.75 Å². The molecule has 0 aliphatic carbocycles. The summed E-state index contributed by atoms with van der Waals surface area (Å²) in [6.07, 6.45) is 0.560. The first kappa shape index (κ1) is 16.0. The van der Waals surface area contributed by atoms with E-state index in [0.29, 0.717) is 6.42 Å². The van der Waals surface area contributed by atoms with E-state index in [1.807, 2.05) is 18.2 Å². The summed E-state index contributed by atoms with van der Waals surface area (Å²) in [5, 5.41) is 21.4. The predicted octanol–water partition coefficient (Wildman–Crippen LogP) is 1.31. The van der Waals surface area contributed by atoms with Crippen LogP contribution in [0.4, 0.5) is 0 Å². The van der Waals surface area contributed by atoms with E-state index in [1.54, 1.807) is 7.11 Å². The van der Waals surface area contributed by atoms with Crippen LogP contribution in [0, 0.1) is 0 Å². The summed E-state index contributed by atoms with van der Waals surface area (Å²) in [7, 11) is 1.66. The molecule has 0 spiro atoms. The highest BCUT2D eigenvalue weighted by atomic mass is 16.5. The molecule has 0 heterocycles. The summed E-state index contributed by atoms with van der Waals surface area (Å²) in [5.74, 6) is 0.847. The molecule has 0 saturated carbocycles. The molecule has 0 aromatic heterocycles. The van der Waals surface area contributed by atoms with Crippen molar-refractivity contribution < 1.29 is 14.9 Å². The number of rotatable bonds is 8. The smallest absolute Gasteiger partial charge is 0.119 e. The van der Waals surface area contributed by atoms with Crippen LogP contribution in [0.3, 0.4) is 0 Å². The normalized spacial score (nSPS) is 13.3. The van der Waals surface area contributed by atoms with Gasteiger partial charge in [0.15, 0.2) is 0 Å². The topological polar surface area (TPSA) is 61.7 Å². The van der Waals surface area contributed by atoms with E-state index in [1.165, 1.54) is 5.56 Å². The zero-order valence-corrected chi connectivity index (χ0v) is 12.0. The SMILES string of the molecule is COc1cccc(C(C)(C)CNC(CO)CCO)c1. The third kappa shape index (κ3) is 4.82. The molecule has 19 heavy (non-hydrogen) atoms. The molecule has 0 aliphatic rings. The summed E-state index contributed by atoms with van der Waals surface area (Å²) >= 11 is 0. The average Bonchev–Trinajstić information content (AvgIpc) is 2.43. The van der Waals surface area contributed by atoms with Gasteiger partial charge in [0.25, 0.3) is 0 Å². The molecule has 0 amide bonds. The van der Waals surface area contributed by atoms with Crippen molar-refractivity contribution in [1.29, 1.82) is 0 Å². The first-order chi connectivity index (χ1) is 9.03. The maximum atomic E-state index is 9.21. The fourth-order valence-corrected chi connectivity index (χ4v) is 1.96.